The van der Waals surface area contributed by atoms with Crippen molar-refractivity contribution in [2.24, 2.45) is 0 Å². The minimum atomic E-state index is 0.732. The molecule has 0 saturated carbocycles. The Labute approximate surface area is 108 Å². The summed E-state index contributed by atoms with van der Waals surface area (Å²) in [6.07, 6.45) is 0. The molecule has 2 nitrogen and oxygen atoms in total. The molecule has 0 saturated heterocycles. The first-order valence-electron chi connectivity index (χ1n) is 6.13. The zero-order valence-electron chi connectivity index (χ0n) is 10.5. The number of anilines is 1. The zero-order valence-corrected chi connectivity index (χ0v) is 10.5. The van der Waals surface area contributed by atoms with E-state index >= 15 is 0 Å². The molecule has 0 atom stereocenters. The Hall–Kier alpha value is -2.27. The topological polar surface area (TPSA) is 27.0 Å². The van der Waals surface area contributed by atoms with Gasteiger partial charge in [-0.25, -0.2) is 0 Å². The summed E-state index contributed by atoms with van der Waals surface area (Å²) in [6.45, 7) is 3.82. The van der Waals surface area contributed by atoms with Crippen molar-refractivity contribution in [3.05, 3.63) is 65.7 Å². The van der Waals surface area contributed by atoms with E-state index in [-0.39, 0.29) is 0 Å². The third-order valence-corrected chi connectivity index (χ3v) is 2.96. The minimum Gasteiger partial charge on any atom is -0.366 e. The summed E-state index contributed by atoms with van der Waals surface area (Å²) in [5, 5.41) is 9.15. The number of rotatable bonds is 4. The van der Waals surface area contributed by atoms with Gasteiger partial charge in [-0.3, -0.25) is 0 Å². The van der Waals surface area contributed by atoms with Crippen molar-refractivity contribution in [3.63, 3.8) is 0 Å². The highest BCUT2D eigenvalue weighted by molar-refractivity contribution is 5.59. The van der Waals surface area contributed by atoms with Gasteiger partial charge < -0.3 is 4.90 Å². The standard InChI is InChI=1S/C16H16N2/c1-2-18(13-14-8-4-3-5-9-14)16-11-7-6-10-15(16)12-17/h3-11H,2,13H2,1H3. The average Bonchev–Trinajstić information content (AvgIpc) is 2.46. The maximum absolute atomic E-state index is 9.15. The van der Waals surface area contributed by atoms with E-state index in [1.807, 2.05) is 42.5 Å². The van der Waals surface area contributed by atoms with Crippen LogP contribution in [0.15, 0.2) is 54.6 Å². The highest BCUT2D eigenvalue weighted by Gasteiger charge is 2.09. The van der Waals surface area contributed by atoms with E-state index in [1.54, 1.807) is 0 Å². The molecule has 0 fully saturated rings. The molecule has 2 aromatic rings. The number of hydrogen-bond donors (Lipinski definition) is 0. The minimum absolute atomic E-state index is 0.732. The Morgan fingerprint density at radius 1 is 1.00 bits per heavy atom. The number of benzene rings is 2. The maximum atomic E-state index is 9.15. The fourth-order valence-corrected chi connectivity index (χ4v) is 2.02. The molecule has 0 N–H and O–H groups in total. The van der Waals surface area contributed by atoms with E-state index < -0.39 is 0 Å². The van der Waals surface area contributed by atoms with E-state index in [2.05, 4.69) is 30.0 Å². The Kier molecular flexibility index (Phi) is 3.98. The third-order valence-electron chi connectivity index (χ3n) is 2.96. The van der Waals surface area contributed by atoms with Crippen molar-refractivity contribution in [2.75, 3.05) is 11.4 Å². The molecular weight excluding hydrogens is 220 g/mol. The smallest absolute Gasteiger partial charge is 0.101 e. The summed E-state index contributed by atoms with van der Waals surface area (Å²) in [5.74, 6) is 0. The van der Waals surface area contributed by atoms with Crippen molar-refractivity contribution >= 4 is 5.69 Å². The first-order chi connectivity index (χ1) is 8.85. The van der Waals surface area contributed by atoms with Crippen LogP contribution < -0.4 is 4.90 Å². The summed E-state index contributed by atoms with van der Waals surface area (Å²) in [6, 6.07) is 20.3. The Balaban J connectivity index is 2.27. The highest BCUT2D eigenvalue weighted by Crippen LogP contribution is 2.21. The number of nitrogens with zero attached hydrogens (tertiary/aromatic N) is 2. The van der Waals surface area contributed by atoms with Gasteiger partial charge in [0.15, 0.2) is 0 Å². The number of nitriles is 1. The molecule has 0 heterocycles. The van der Waals surface area contributed by atoms with Gasteiger partial charge in [0.1, 0.15) is 6.07 Å². The highest BCUT2D eigenvalue weighted by atomic mass is 15.1. The predicted octanol–water partition coefficient (Wildman–Crippen LogP) is 3.58. The molecule has 90 valence electrons. The molecule has 2 aromatic carbocycles. The van der Waals surface area contributed by atoms with E-state index in [4.69, 9.17) is 5.26 Å². The molecule has 2 rings (SSSR count). The maximum Gasteiger partial charge on any atom is 0.101 e. The van der Waals surface area contributed by atoms with Crippen LogP contribution in [-0.2, 0) is 6.54 Å². The lowest BCUT2D eigenvalue weighted by Gasteiger charge is -2.24. The van der Waals surface area contributed by atoms with Gasteiger partial charge in [-0.2, -0.15) is 5.26 Å². The van der Waals surface area contributed by atoms with Gasteiger partial charge in [0.05, 0.1) is 11.3 Å². The second-order valence-corrected chi connectivity index (χ2v) is 4.13. The molecule has 0 unspecified atom stereocenters. The van der Waals surface area contributed by atoms with Crippen LogP contribution in [-0.4, -0.2) is 6.54 Å². The Morgan fingerprint density at radius 2 is 1.67 bits per heavy atom. The molecule has 2 heteroatoms. The summed E-state index contributed by atoms with van der Waals surface area (Å²) < 4.78 is 0. The predicted molar refractivity (Wildman–Crippen MR) is 74.3 cm³/mol. The molecule has 0 radical (unpaired) electrons. The molecule has 0 aliphatic carbocycles. The van der Waals surface area contributed by atoms with Gasteiger partial charge in [-0.15, -0.1) is 0 Å². The summed E-state index contributed by atoms with van der Waals surface area (Å²) >= 11 is 0. The molecule has 0 bridgehead atoms. The first-order valence-corrected chi connectivity index (χ1v) is 6.13. The quantitative estimate of drug-likeness (QED) is 0.811. The van der Waals surface area contributed by atoms with Gasteiger partial charge in [-0.05, 0) is 24.6 Å². The van der Waals surface area contributed by atoms with Crippen molar-refractivity contribution in [1.82, 2.24) is 0 Å². The van der Waals surface area contributed by atoms with Crippen LogP contribution in [0.5, 0.6) is 0 Å². The first kappa shape index (κ1) is 12.2. The molecule has 0 aromatic heterocycles. The van der Waals surface area contributed by atoms with Crippen molar-refractivity contribution in [2.45, 2.75) is 13.5 Å². The zero-order chi connectivity index (χ0) is 12.8. The summed E-state index contributed by atoms with van der Waals surface area (Å²) in [7, 11) is 0. The molecule has 0 aliphatic rings. The molecule has 0 aliphatic heterocycles. The lowest BCUT2D eigenvalue weighted by Crippen LogP contribution is -2.22. The number of hydrogen-bond acceptors (Lipinski definition) is 2. The molecule has 0 amide bonds. The van der Waals surface area contributed by atoms with Crippen LogP contribution >= 0.6 is 0 Å². The second kappa shape index (κ2) is 5.88. The molecular formula is C16H16N2. The van der Waals surface area contributed by atoms with Crippen molar-refractivity contribution in [3.8, 4) is 6.07 Å². The fourth-order valence-electron chi connectivity index (χ4n) is 2.02. The average molecular weight is 236 g/mol. The summed E-state index contributed by atoms with van der Waals surface area (Å²) in [5.41, 5.74) is 2.99. The Morgan fingerprint density at radius 3 is 2.33 bits per heavy atom. The lowest BCUT2D eigenvalue weighted by atomic mass is 10.1. The van der Waals surface area contributed by atoms with Crippen LogP contribution in [0.25, 0.3) is 0 Å². The molecule has 18 heavy (non-hydrogen) atoms. The normalized spacial score (nSPS) is 9.78. The number of para-hydroxylation sites is 1. The molecule has 0 spiro atoms. The van der Waals surface area contributed by atoms with Gasteiger partial charge in [0.2, 0.25) is 0 Å². The van der Waals surface area contributed by atoms with Gasteiger partial charge in [-0.1, -0.05) is 42.5 Å². The van der Waals surface area contributed by atoms with Gasteiger partial charge >= 0.3 is 0 Å². The van der Waals surface area contributed by atoms with E-state index in [0.717, 1.165) is 24.3 Å². The van der Waals surface area contributed by atoms with Crippen LogP contribution in [0.2, 0.25) is 0 Å². The monoisotopic (exact) mass is 236 g/mol. The third kappa shape index (κ3) is 2.70. The Bertz CT molecular complexity index is 541. The van der Waals surface area contributed by atoms with Gasteiger partial charge in [0, 0.05) is 13.1 Å². The summed E-state index contributed by atoms with van der Waals surface area (Å²) in [4.78, 5) is 2.22. The van der Waals surface area contributed by atoms with Crippen LogP contribution in [0.1, 0.15) is 18.1 Å². The van der Waals surface area contributed by atoms with E-state index in [9.17, 15) is 0 Å². The lowest BCUT2D eigenvalue weighted by molar-refractivity contribution is 0.830. The van der Waals surface area contributed by atoms with Crippen molar-refractivity contribution < 1.29 is 0 Å². The van der Waals surface area contributed by atoms with Crippen LogP contribution in [0.3, 0.4) is 0 Å². The second-order valence-electron chi connectivity index (χ2n) is 4.13. The van der Waals surface area contributed by atoms with Gasteiger partial charge in [0.25, 0.3) is 0 Å². The van der Waals surface area contributed by atoms with Crippen molar-refractivity contribution in [1.29, 1.82) is 5.26 Å². The largest absolute Gasteiger partial charge is 0.366 e. The fraction of sp³-hybridized carbons (Fsp3) is 0.188. The SMILES string of the molecule is CCN(Cc1ccccc1)c1ccccc1C#N. The van der Waals surface area contributed by atoms with Crippen LogP contribution in [0, 0.1) is 11.3 Å². The van der Waals surface area contributed by atoms with E-state index in [1.165, 1.54) is 5.56 Å². The van der Waals surface area contributed by atoms with E-state index in [0.29, 0.717) is 0 Å². The van der Waals surface area contributed by atoms with Crippen LogP contribution in [0.4, 0.5) is 5.69 Å².